The molecule has 3 heterocycles. The summed E-state index contributed by atoms with van der Waals surface area (Å²) in [5.74, 6) is 0. The van der Waals surface area contributed by atoms with Gasteiger partial charge in [-0.2, -0.15) is 5.26 Å². The number of hydrogen-bond acceptors (Lipinski definition) is 5. The molecule has 0 saturated carbocycles. The van der Waals surface area contributed by atoms with Crippen LogP contribution in [0.2, 0.25) is 0 Å². The fraction of sp³-hybridized carbons (Fsp3) is 0.474. The highest BCUT2D eigenvalue weighted by atomic mass is 32.1. The Morgan fingerprint density at radius 2 is 2.29 bits per heavy atom. The number of likely N-dealkylation sites (tertiary alicyclic amines) is 1. The lowest BCUT2D eigenvalue weighted by Crippen LogP contribution is -2.32. The number of rotatable bonds is 5. The van der Waals surface area contributed by atoms with E-state index in [9.17, 15) is 0 Å². The molecule has 1 fully saturated rings. The zero-order valence-corrected chi connectivity index (χ0v) is 15.0. The summed E-state index contributed by atoms with van der Waals surface area (Å²) in [5, 5.41) is 10.9. The molecule has 0 spiro atoms. The molecule has 24 heavy (non-hydrogen) atoms. The molecule has 1 unspecified atom stereocenters. The van der Waals surface area contributed by atoms with Gasteiger partial charge in [0.2, 0.25) is 0 Å². The van der Waals surface area contributed by atoms with Gasteiger partial charge in [0.05, 0.1) is 11.3 Å². The smallest absolute Gasteiger partial charge is 0.100 e. The molecule has 1 aliphatic heterocycles. The van der Waals surface area contributed by atoms with Crippen molar-refractivity contribution in [3.8, 4) is 6.07 Å². The Bertz CT molecular complexity index is 676. The van der Waals surface area contributed by atoms with Crippen molar-refractivity contribution in [2.45, 2.75) is 38.4 Å². The summed E-state index contributed by atoms with van der Waals surface area (Å²) >= 11 is 1.70. The molecule has 1 saturated heterocycles. The summed E-state index contributed by atoms with van der Waals surface area (Å²) in [6.07, 6.45) is 5.54. The minimum absolute atomic E-state index is 0.620. The first-order chi connectivity index (χ1) is 11.7. The van der Waals surface area contributed by atoms with Crippen LogP contribution in [0.5, 0.6) is 0 Å². The van der Waals surface area contributed by atoms with Crippen molar-refractivity contribution in [2.24, 2.45) is 0 Å². The molecule has 0 N–H and O–H groups in total. The first-order valence-electron chi connectivity index (χ1n) is 8.54. The molecule has 2 aromatic rings. The molecule has 0 radical (unpaired) electrons. The number of nitrogens with zero attached hydrogens (tertiary/aromatic N) is 4. The Hall–Kier alpha value is -1.74. The summed E-state index contributed by atoms with van der Waals surface area (Å²) < 4.78 is 0. The van der Waals surface area contributed by atoms with Gasteiger partial charge >= 0.3 is 0 Å². The molecule has 1 aliphatic rings. The molecular formula is C19H24N4S. The third kappa shape index (κ3) is 4.64. The van der Waals surface area contributed by atoms with Crippen molar-refractivity contribution >= 4 is 11.3 Å². The molecule has 1 atom stereocenters. The van der Waals surface area contributed by atoms with Crippen LogP contribution in [-0.4, -0.2) is 41.0 Å². The van der Waals surface area contributed by atoms with Crippen LogP contribution in [0.3, 0.4) is 0 Å². The highest BCUT2D eigenvalue weighted by Gasteiger charge is 2.21. The van der Waals surface area contributed by atoms with Gasteiger partial charge in [-0.15, -0.1) is 11.3 Å². The van der Waals surface area contributed by atoms with Crippen LogP contribution in [0.15, 0.2) is 35.8 Å². The van der Waals surface area contributed by atoms with Crippen LogP contribution in [0.1, 0.15) is 35.4 Å². The van der Waals surface area contributed by atoms with Gasteiger partial charge in [-0.3, -0.25) is 14.8 Å². The van der Waals surface area contributed by atoms with E-state index >= 15 is 0 Å². The number of aromatic nitrogens is 1. The number of pyridine rings is 1. The van der Waals surface area contributed by atoms with Gasteiger partial charge < -0.3 is 0 Å². The average Bonchev–Trinajstić information content (AvgIpc) is 2.92. The Labute approximate surface area is 148 Å². The molecule has 0 amide bonds. The van der Waals surface area contributed by atoms with E-state index in [-0.39, 0.29) is 0 Å². The topological polar surface area (TPSA) is 43.2 Å². The molecule has 0 aromatic carbocycles. The van der Waals surface area contributed by atoms with Gasteiger partial charge in [0, 0.05) is 42.1 Å². The second kappa shape index (κ2) is 8.39. The summed E-state index contributed by atoms with van der Waals surface area (Å²) in [6, 6.07) is 11.0. The Morgan fingerprint density at radius 1 is 1.38 bits per heavy atom. The molecule has 0 aliphatic carbocycles. The van der Waals surface area contributed by atoms with Crippen molar-refractivity contribution in [1.29, 1.82) is 5.26 Å². The van der Waals surface area contributed by atoms with E-state index in [1.807, 2.05) is 23.7 Å². The molecule has 5 heteroatoms. The third-order valence-corrected chi connectivity index (χ3v) is 5.63. The highest BCUT2D eigenvalue weighted by Crippen LogP contribution is 2.21. The van der Waals surface area contributed by atoms with E-state index < -0.39 is 0 Å². The number of nitriles is 1. The largest absolute Gasteiger partial charge is 0.298 e. The van der Waals surface area contributed by atoms with E-state index in [1.165, 1.54) is 24.1 Å². The Balaban J connectivity index is 1.52. The van der Waals surface area contributed by atoms with E-state index in [1.54, 1.807) is 11.3 Å². The van der Waals surface area contributed by atoms with Gasteiger partial charge in [-0.1, -0.05) is 6.07 Å². The quantitative estimate of drug-likeness (QED) is 0.835. The predicted octanol–water partition coefficient (Wildman–Crippen LogP) is 3.50. The van der Waals surface area contributed by atoms with Crippen LogP contribution < -0.4 is 0 Å². The van der Waals surface area contributed by atoms with Crippen molar-refractivity contribution in [2.75, 3.05) is 20.1 Å². The second-order valence-corrected chi connectivity index (χ2v) is 7.51. The Morgan fingerprint density at radius 3 is 3.04 bits per heavy atom. The normalized spacial score (nSPS) is 19.1. The standard InChI is InChI=1S/C19H24N4S/c1-22(13-17-5-2-3-8-21-17)18-6-4-9-23(10-7-18)14-19-11-16(12-20)15-24-19/h2-3,5,8,11,15,18H,4,6-7,9-10,13-14H2,1H3. The maximum atomic E-state index is 8.95. The monoisotopic (exact) mass is 340 g/mol. The molecule has 0 bridgehead atoms. The van der Waals surface area contributed by atoms with Crippen molar-refractivity contribution in [3.63, 3.8) is 0 Å². The lowest BCUT2D eigenvalue weighted by molar-refractivity contribution is 0.205. The van der Waals surface area contributed by atoms with Gasteiger partial charge in [0.25, 0.3) is 0 Å². The minimum Gasteiger partial charge on any atom is -0.298 e. The first-order valence-corrected chi connectivity index (χ1v) is 9.42. The minimum atomic E-state index is 0.620. The highest BCUT2D eigenvalue weighted by molar-refractivity contribution is 7.10. The maximum Gasteiger partial charge on any atom is 0.100 e. The molecule has 2 aromatic heterocycles. The predicted molar refractivity (Wildman–Crippen MR) is 97.7 cm³/mol. The summed E-state index contributed by atoms with van der Waals surface area (Å²) in [6.45, 7) is 4.16. The SMILES string of the molecule is CN(Cc1ccccn1)C1CCCN(Cc2cc(C#N)cs2)CC1. The van der Waals surface area contributed by atoms with E-state index in [4.69, 9.17) is 5.26 Å². The van der Waals surface area contributed by atoms with Crippen LogP contribution in [0.25, 0.3) is 0 Å². The molecule has 4 nitrogen and oxygen atoms in total. The number of thiophene rings is 1. The summed E-state index contributed by atoms with van der Waals surface area (Å²) in [7, 11) is 2.22. The van der Waals surface area contributed by atoms with Crippen molar-refractivity contribution < 1.29 is 0 Å². The van der Waals surface area contributed by atoms with Crippen LogP contribution >= 0.6 is 11.3 Å². The van der Waals surface area contributed by atoms with Gasteiger partial charge in [0.15, 0.2) is 0 Å². The first kappa shape index (κ1) is 17.1. The molecule has 126 valence electrons. The lowest BCUT2D eigenvalue weighted by Gasteiger charge is -2.27. The second-order valence-electron chi connectivity index (χ2n) is 6.51. The van der Waals surface area contributed by atoms with E-state index in [0.29, 0.717) is 6.04 Å². The zero-order valence-electron chi connectivity index (χ0n) is 14.2. The fourth-order valence-corrected chi connectivity index (χ4v) is 4.21. The fourth-order valence-electron chi connectivity index (χ4n) is 3.36. The molecule has 3 rings (SSSR count). The summed E-state index contributed by atoms with van der Waals surface area (Å²) in [5.41, 5.74) is 1.93. The maximum absolute atomic E-state index is 8.95. The third-order valence-electron chi connectivity index (χ3n) is 4.71. The lowest BCUT2D eigenvalue weighted by atomic mass is 10.1. The van der Waals surface area contributed by atoms with Crippen LogP contribution in [0.4, 0.5) is 0 Å². The Kier molecular flexibility index (Phi) is 5.97. The average molecular weight is 340 g/mol. The van der Waals surface area contributed by atoms with Crippen LogP contribution in [0, 0.1) is 11.3 Å². The van der Waals surface area contributed by atoms with E-state index in [0.717, 1.165) is 37.4 Å². The van der Waals surface area contributed by atoms with Crippen molar-refractivity contribution in [3.05, 3.63) is 52.0 Å². The van der Waals surface area contributed by atoms with Gasteiger partial charge in [0.1, 0.15) is 6.07 Å². The summed E-state index contributed by atoms with van der Waals surface area (Å²) in [4.78, 5) is 10.7. The zero-order chi connectivity index (χ0) is 16.8. The van der Waals surface area contributed by atoms with Gasteiger partial charge in [-0.25, -0.2) is 0 Å². The number of hydrogen-bond donors (Lipinski definition) is 0. The van der Waals surface area contributed by atoms with Gasteiger partial charge in [-0.05, 0) is 51.1 Å². The van der Waals surface area contributed by atoms with Crippen LogP contribution in [-0.2, 0) is 13.1 Å². The van der Waals surface area contributed by atoms with Crippen molar-refractivity contribution in [1.82, 2.24) is 14.8 Å². The van der Waals surface area contributed by atoms with E-state index in [2.05, 4.69) is 40.0 Å². The molecular weight excluding hydrogens is 316 g/mol.